The molecular weight excluding hydrogens is 283 g/mol. The Morgan fingerprint density at radius 2 is 1.55 bits per heavy atom. The zero-order chi connectivity index (χ0) is 15.2. The van der Waals surface area contributed by atoms with Gasteiger partial charge < -0.3 is 0 Å². The van der Waals surface area contributed by atoms with Crippen LogP contribution in [-0.2, 0) is 6.42 Å². The fourth-order valence-corrected chi connectivity index (χ4v) is 4.18. The Balaban J connectivity index is 1.50. The summed E-state index contributed by atoms with van der Waals surface area (Å²) in [5, 5.41) is 2.70. The third-order valence-corrected chi connectivity index (χ3v) is 5.73. The summed E-state index contributed by atoms with van der Waals surface area (Å²) in [6.45, 7) is 2.35. The summed E-state index contributed by atoms with van der Waals surface area (Å²) in [4.78, 5) is 0. The van der Waals surface area contributed by atoms with E-state index in [1.54, 1.807) is 0 Å². The van der Waals surface area contributed by atoms with Gasteiger partial charge in [0.25, 0.3) is 0 Å². The topological polar surface area (TPSA) is 0 Å². The van der Waals surface area contributed by atoms with Crippen molar-refractivity contribution in [2.45, 2.75) is 19.3 Å². The molecule has 3 aromatic rings. The van der Waals surface area contributed by atoms with Crippen molar-refractivity contribution in [2.75, 3.05) is 12.3 Å². The highest BCUT2D eigenvalue weighted by Gasteiger charge is 2.04. The monoisotopic (exact) mass is 306 g/mol. The first-order valence-electron chi connectivity index (χ1n) is 8.06. The minimum Gasteiger partial charge on any atom is -0.121 e. The lowest BCUT2D eigenvalue weighted by molar-refractivity contribution is 0.876. The largest absolute Gasteiger partial charge is 0.121 e. The Kier molecular flexibility index (Phi) is 5.24. The van der Waals surface area contributed by atoms with Crippen molar-refractivity contribution in [1.82, 2.24) is 0 Å². The van der Waals surface area contributed by atoms with Gasteiger partial charge in [-0.15, -0.1) is 8.58 Å². The molecule has 0 heterocycles. The van der Waals surface area contributed by atoms with E-state index >= 15 is 0 Å². The second-order valence-electron chi connectivity index (χ2n) is 5.95. The van der Waals surface area contributed by atoms with Gasteiger partial charge in [0, 0.05) is 0 Å². The van der Waals surface area contributed by atoms with Crippen LogP contribution in [-0.4, -0.2) is 12.3 Å². The maximum atomic E-state index is 2.35. The summed E-state index contributed by atoms with van der Waals surface area (Å²) in [6, 6.07) is 26.4. The van der Waals surface area contributed by atoms with Crippen LogP contribution in [0.1, 0.15) is 24.0 Å². The van der Waals surface area contributed by atoms with E-state index in [0.717, 1.165) is 8.58 Å². The summed E-state index contributed by atoms with van der Waals surface area (Å²) < 4.78 is 0. The highest BCUT2D eigenvalue weighted by Crippen LogP contribution is 2.25. The molecule has 0 amide bonds. The Morgan fingerprint density at radius 3 is 2.36 bits per heavy atom. The van der Waals surface area contributed by atoms with Crippen molar-refractivity contribution >= 4 is 19.4 Å². The van der Waals surface area contributed by atoms with Crippen LogP contribution in [0.15, 0.2) is 72.8 Å². The molecule has 2 atom stereocenters. The van der Waals surface area contributed by atoms with Gasteiger partial charge in [-0.25, -0.2) is 0 Å². The summed E-state index contributed by atoms with van der Waals surface area (Å²) in [7, 11) is 1.04. The second kappa shape index (κ2) is 7.56. The number of fused-ring (bicyclic) bond motifs is 1. The van der Waals surface area contributed by atoms with Gasteiger partial charge >= 0.3 is 0 Å². The van der Waals surface area contributed by atoms with Gasteiger partial charge in [0.05, 0.1) is 0 Å². The van der Waals surface area contributed by atoms with Gasteiger partial charge in [-0.3, -0.25) is 0 Å². The molecule has 112 valence electrons. The van der Waals surface area contributed by atoms with E-state index in [1.807, 2.05) is 0 Å². The molecule has 0 aliphatic heterocycles. The van der Waals surface area contributed by atoms with Gasteiger partial charge in [0.1, 0.15) is 0 Å². The Hall–Kier alpha value is -1.65. The van der Waals surface area contributed by atoms with E-state index in [4.69, 9.17) is 0 Å². The number of aryl methyl sites for hydroxylation is 1. The van der Waals surface area contributed by atoms with Crippen LogP contribution >= 0.6 is 8.58 Å². The molecule has 3 aromatic carbocycles. The molecule has 0 N–H and O–H groups in total. The van der Waals surface area contributed by atoms with E-state index in [-0.39, 0.29) is 0 Å². The van der Waals surface area contributed by atoms with Crippen molar-refractivity contribution in [2.24, 2.45) is 0 Å². The molecule has 0 radical (unpaired) electrons. The molecule has 22 heavy (non-hydrogen) atoms. The number of hydrogen-bond donors (Lipinski definition) is 0. The van der Waals surface area contributed by atoms with E-state index in [9.17, 15) is 0 Å². The van der Waals surface area contributed by atoms with Crippen LogP contribution in [0.5, 0.6) is 0 Å². The van der Waals surface area contributed by atoms with E-state index in [0.29, 0.717) is 5.92 Å². The molecule has 0 saturated carbocycles. The fourth-order valence-electron chi connectivity index (χ4n) is 2.85. The Bertz CT molecular complexity index is 718. The van der Waals surface area contributed by atoms with Crippen LogP contribution in [0.3, 0.4) is 0 Å². The second-order valence-corrected chi connectivity index (χ2v) is 7.36. The molecule has 1 heteroatoms. The van der Waals surface area contributed by atoms with E-state index < -0.39 is 0 Å². The smallest absolute Gasteiger partial charge is 0.0153 e. The van der Waals surface area contributed by atoms with E-state index in [2.05, 4.69) is 79.7 Å². The Morgan fingerprint density at radius 1 is 0.818 bits per heavy atom. The average Bonchev–Trinajstić information content (AvgIpc) is 2.59. The standard InChI is InChI=1S/C21H23P/c1-17(19-7-3-2-4-8-19)16-22-14-13-18-11-12-20-9-5-6-10-21(20)15-18/h2-12,15,17,22H,13-14,16H2,1H3. The molecule has 0 aliphatic carbocycles. The van der Waals surface area contributed by atoms with Gasteiger partial charge in [-0.05, 0) is 46.6 Å². The molecule has 0 bridgehead atoms. The summed E-state index contributed by atoms with van der Waals surface area (Å²) in [5.41, 5.74) is 2.94. The van der Waals surface area contributed by atoms with Crippen LogP contribution < -0.4 is 0 Å². The zero-order valence-electron chi connectivity index (χ0n) is 13.1. The van der Waals surface area contributed by atoms with Gasteiger partial charge in [0.15, 0.2) is 0 Å². The lowest BCUT2D eigenvalue weighted by Gasteiger charge is -2.11. The van der Waals surface area contributed by atoms with Crippen LogP contribution in [0.4, 0.5) is 0 Å². The average molecular weight is 306 g/mol. The SMILES string of the molecule is CC(CPCCc1ccc2ccccc2c1)c1ccccc1. The molecule has 2 unspecified atom stereocenters. The summed E-state index contributed by atoms with van der Waals surface area (Å²) in [6.07, 6.45) is 3.80. The van der Waals surface area contributed by atoms with Gasteiger partial charge in [-0.2, -0.15) is 0 Å². The molecule has 3 rings (SSSR count). The number of rotatable bonds is 6. The highest BCUT2D eigenvalue weighted by molar-refractivity contribution is 7.38. The first-order valence-corrected chi connectivity index (χ1v) is 9.48. The lowest BCUT2D eigenvalue weighted by Crippen LogP contribution is -1.97. The van der Waals surface area contributed by atoms with Crippen LogP contribution in [0, 0.1) is 0 Å². The van der Waals surface area contributed by atoms with Crippen LogP contribution in [0.2, 0.25) is 0 Å². The molecule has 0 nitrogen and oxygen atoms in total. The highest BCUT2D eigenvalue weighted by atomic mass is 31.1. The number of benzene rings is 3. The van der Waals surface area contributed by atoms with Gasteiger partial charge in [0.2, 0.25) is 0 Å². The maximum absolute atomic E-state index is 2.35. The first kappa shape index (κ1) is 15.3. The molecule has 0 spiro atoms. The third-order valence-electron chi connectivity index (χ3n) is 4.22. The molecular formula is C21H23P. The maximum Gasteiger partial charge on any atom is -0.0153 e. The molecule has 0 saturated heterocycles. The fraction of sp³-hybridized carbons (Fsp3) is 0.238. The lowest BCUT2D eigenvalue weighted by atomic mass is 10.0. The molecule has 0 aromatic heterocycles. The molecule has 0 aliphatic rings. The summed E-state index contributed by atoms with van der Waals surface area (Å²) in [5.74, 6) is 0.677. The van der Waals surface area contributed by atoms with Gasteiger partial charge in [-0.1, -0.05) is 79.7 Å². The van der Waals surface area contributed by atoms with Crippen molar-refractivity contribution in [1.29, 1.82) is 0 Å². The van der Waals surface area contributed by atoms with Crippen molar-refractivity contribution < 1.29 is 0 Å². The minimum absolute atomic E-state index is 0.677. The number of hydrogen-bond acceptors (Lipinski definition) is 0. The quantitative estimate of drug-likeness (QED) is 0.395. The Labute approximate surface area is 135 Å². The predicted molar refractivity (Wildman–Crippen MR) is 101 cm³/mol. The van der Waals surface area contributed by atoms with Crippen molar-refractivity contribution in [3.05, 3.63) is 83.9 Å². The normalized spacial score (nSPS) is 13.0. The summed E-state index contributed by atoms with van der Waals surface area (Å²) >= 11 is 0. The van der Waals surface area contributed by atoms with Crippen LogP contribution in [0.25, 0.3) is 10.8 Å². The first-order chi connectivity index (χ1) is 10.8. The predicted octanol–water partition coefficient (Wildman–Crippen LogP) is 5.86. The zero-order valence-corrected chi connectivity index (χ0v) is 14.1. The van der Waals surface area contributed by atoms with Crippen molar-refractivity contribution in [3.8, 4) is 0 Å². The van der Waals surface area contributed by atoms with E-state index in [1.165, 1.54) is 40.6 Å². The third kappa shape index (κ3) is 3.96. The molecule has 0 fully saturated rings. The minimum atomic E-state index is 0.677. The van der Waals surface area contributed by atoms with Crippen molar-refractivity contribution in [3.63, 3.8) is 0 Å².